The van der Waals surface area contributed by atoms with Crippen LogP contribution in [0.4, 0.5) is 17.4 Å². The summed E-state index contributed by atoms with van der Waals surface area (Å²) in [5.74, 6) is 1.37. The van der Waals surface area contributed by atoms with Gasteiger partial charge in [-0.15, -0.1) is 0 Å². The summed E-state index contributed by atoms with van der Waals surface area (Å²) in [6, 6.07) is 15.0. The Kier molecular flexibility index (Phi) is 5.85. The maximum absolute atomic E-state index is 11.0. The molecule has 2 aliphatic carbocycles. The summed E-state index contributed by atoms with van der Waals surface area (Å²) in [6.07, 6.45) is 9.59. The van der Waals surface area contributed by atoms with Gasteiger partial charge in [-0.25, -0.2) is 4.98 Å². The molecule has 2 heterocycles. The number of non-ortho nitro benzene ring substituents is 1. The molecule has 9 heteroatoms. The Bertz CT molecular complexity index is 1270. The van der Waals surface area contributed by atoms with E-state index in [0.717, 1.165) is 43.5 Å². The smallest absolute Gasteiger partial charge is 0.295 e. The molecule has 0 saturated heterocycles. The van der Waals surface area contributed by atoms with Gasteiger partial charge in [0.05, 0.1) is 11.1 Å². The molecule has 3 N–H and O–H groups in total. The highest BCUT2D eigenvalue weighted by Gasteiger charge is 2.40. The molecule has 1 aromatic heterocycles. The molecule has 3 aromatic rings. The number of nitrogens with zero attached hydrogens (tertiary/aromatic N) is 3. The standard InChI is InChI=1S/C27H29N5O4/c33-21-11-5-18(6-12-21)26-15-28-27(36-26)30-23-4-2-1-3-22(23)29-24-13-17-14-25(24)31(16-17)19-7-9-20(10-8-19)32(34)35/h5-12,14-15,17,22-24,29,33H,1-4,13,16H2,(H,28,30)/t17-,22-,23-,24+/m1/s1. The molecule has 1 saturated carbocycles. The summed E-state index contributed by atoms with van der Waals surface area (Å²) in [6.45, 7) is 0.925. The molecule has 4 atom stereocenters. The first-order valence-corrected chi connectivity index (χ1v) is 12.5. The normalized spacial score (nSPS) is 25.1. The summed E-state index contributed by atoms with van der Waals surface area (Å²) in [7, 11) is 0. The SMILES string of the molecule is O=[N+]([O-])c1ccc(N2C[C@H]3C=C2[C@@H](N[C@@H]2CCCC[C@H]2Nc2ncc(-c4ccc(O)cc4)o2)C3)cc1. The number of hydrogen-bond donors (Lipinski definition) is 3. The predicted molar refractivity (Wildman–Crippen MR) is 137 cm³/mol. The van der Waals surface area contributed by atoms with Crippen molar-refractivity contribution in [2.75, 3.05) is 16.8 Å². The van der Waals surface area contributed by atoms with Gasteiger partial charge in [-0.3, -0.25) is 10.1 Å². The van der Waals surface area contributed by atoms with Crippen molar-refractivity contribution in [3.05, 3.63) is 76.6 Å². The lowest BCUT2D eigenvalue weighted by molar-refractivity contribution is -0.384. The molecule has 2 bridgehead atoms. The van der Waals surface area contributed by atoms with Crippen LogP contribution in [0.1, 0.15) is 32.1 Å². The summed E-state index contributed by atoms with van der Waals surface area (Å²) in [5.41, 5.74) is 3.25. The first-order chi connectivity index (χ1) is 17.5. The van der Waals surface area contributed by atoms with Gasteiger partial charge in [-0.1, -0.05) is 18.9 Å². The number of nitrogens with one attached hydrogen (secondary N) is 2. The lowest BCUT2D eigenvalue weighted by atomic mass is 9.89. The van der Waals surface area contributed by atoms with Crippen molar-refractivity contribution >= 4 is 17.4 Å². The number of nitro groups is 1. The number of piperidine rings is 1. The molecule has 0 spiro atoms. The number of aromatic hydroxyl groups is 1. The van der Waals surface area contributed by atoms with E-state index in [-0.39, 0.29) is 34.5 Å². The van der Waals surface area contributed by atoms with Crippen LogP contribution < -0.4 is 15.5 Å². The highest BCUT2D eigenvalue weighted by atomic mass is 16.6. The second-order valence-corrected chi connectivity index (χ2v) is 9.91. The van der Waals surface area contributed by atoms with Gasteiger partial charge < -0.3 is 25.1 Å². The van der Waals surface area contributed by atoms with Gasteiger partial charge in [0, 0.05) is 53.8 Å². The number of nitro benzene ring substituents is 1. The van der Waals surface area contributed by atoms with Crippen molar-refractivity contribution in [1.82, 2.24) is 10.3 Å². The van der Waals surface area contributed by atoms with Gasteiger partial charge in [-0.2, -0.15) is 0 Å². The Morgan fingerprint density at radius 3 is 2.53 bits per heavy atom. The zero-order valence-electron chi connectivity index (χ0n) is 19.8. The zero-order valence-corrected chi connectivity index (χ0v) is 19.8. The Hall–Kier alpha value is -3.85. The molecule has 186 valence electrons. The van der Waals surface area contributed by atoms with Crippen molar-refractivity contribution in [2.45, 2.75) is 50.2 Å². The average molecular weight is 488 g/mol. The van der Waals surface area contributed by atoms with Crippen LogP contribution in [0.3, 0.4) is 0 Å². The lowest BCUT2D eigenvalue weighted by Gasteiger charge is -2.39. The van der Waals surface area contributed by atoms with Crippen LogP contribution >= 0.6 is 0 Å². The molecule has 0 radical (unpaired) electrons. The predicted octanol–water partition coefficient (Wildman–Crippen LogP) is 5.06. The molecule has 1 aliphatic heterocycles. The Balaban J connectivity index is 1.13. The van der Waals surface area contributed by atoms with Crippen molar-refractivity contribution in [3.8, 4) is 17.1 Å². The van der Waals surface area contributed by atoms with E-state index in [1.54, 1.807) is 30.5 Å². The minimum absolute atomic E-state index is 0.114. The van der Waals surface area contributed by atoms with Crippen LogP contribution in [0, 0.1) is 16.0 Å². The molecular weight excluding hydrogens is 458 g/mol. The van der Waals surface area contributed by atoms with E-state index in [1.807, 2.05) is 24.3 Å². The number of fused-ring (bicyclic) bond motifs is 1. The Labute approximate surface area is 209 Å². The number of phenolic OH excluding ortho intramolecular Hbond substituents is 1. The quantitative estimate of drug-likeness (QED) is 0.313. The van der Waals surface area contributed by atoms with Crippen LogP contribution in [-0.2, 0) is 0 Å². The van der Waals surface area contributed by atoms with Gasteiger partial charge in [0.2, 0.25) is 0 Å². The number of rotatable bonds is 7. The molecular formula is C27H29N5O4. The topological polar surface area (TPSA) is 117 Å². The molecule has 3 aliphatic rings. The van der Waals surface area contributed by atoms with Crippen molar-refractivity contribution in [3.63, 3.8) is 0 Å². The third kappa shape index (κ3) is 4.42. The minimum atomic E-state index is -0.360. The number of oxazole rings is 1. The average Bonchev–Trinajstić information content (AvgIpc) is 3.62. The van der Waals surface area contributed by atoms with Crippen LogP contribution in [0.25, 0.3) is 11.3 Å². The summed E-state index contributed by atoms with van der Waals surface area (Å²) < 4.78 is 5.98. The van der Waals surface area contributed by atoms with E-state index in [9.17, 15) is 15.2 Å². The van der Waals surface area contributed by atoms with Crippen LogP contribution in [0.5, 0.6) is 5.75 Å². The maximum Gasteiger partial charge on any atom is 0.295 e. The lowest BCUT2D eigenvalue weighted by Crippen LogP contribution is -2.53. The number of phenols is 1. The number of anilines is 2. The van der Waals surface area contributed by atoms with Crippen LogP contribution in [0.15, 0.2) is 70.9 Å². The number of aromatic nitrogens is 1. The third-order valence-electron chi connectivity index (χ3n) is 7.55. The highest BCUT2D eigenvalue weighted by Crippen LogP contribution is 2.40. The maximum atomic E-state index is 11.0. The fourth-order valence-corrected chi connectivity index (χ4v) is 5.78. The van der Waals surface area contributed by atoms with Crippen molar-refractivity contribution in [2.24, 2.45) is 5.92 Å². The second-order valence-electron chi connectivity index (χ2n) is 9.91. The highest BCUT2D eigenvalue weighted by molar-refractivity contribution is 5.60. The fourth-order valence-electron chi connectivity index (χ4n) is 5.78. The van der Waals surface area contributed by atoms with E-state index < -0.39 is 0 Å². The van der Waals surface area contributed by atoms with Crippen molar-refractivity contribution < 1.29 is 14.4 Å². The third-order valence-corrected chi connectivity index (χ3v) is 7.55. The largest absolute Gasteiger partial charge is 0.508 e. The molecule has 2 aromatic carbocycles. The van der Waals surface area contributed by atoms with Crippen molar-refractivity contribution in [1.29, 1.82) is 0 Å². The van der Waals surface area contributed by atoms with E-state index in [1.165, 1.54) is 12.1 Å². The first-order valence-electron chi connectivity index (χ1n) is 12.5. The minimum Gasteiger partial charge on any atom is -0.508 e. The van der Waals surface area contributed by atoms with E-state index in [0.29, 0.717) is 17.7 Å². The zero-order chi connectivity index (χ0) is 24.6. The summed E-state index contributed by atoms with van der Waals surface area (Å²) in [4.78, 5) is 17.4. The van der Waals surface area contributed by atoms with Gasteiger partial charge >= 0.3 is 0 Å². The number of hydrogen-bond acceptors (Lipinski definition) is 8. The molecule has 36 heavy (non-hydrogen) atoms. The van der Waals surface area contributed by atoms with Gasteiger partial charge in [-0.05, 0) is 61.6 Å². The second kappa shape index (κ2) is 9.31. The van der Waals surface area contributed by atoms with Gasteiger partial charge in [0.1, 0.15) is 5.75 Å². The first kappa shape index (κ1) is 22.6. The Morgan fingerprint density at radius 2 is 1.81 bits per heavy atom. The summed E-state index contributed by atoms with van der Waals surface area (Å²) >= 11 is 0. The molecule has 9 nitrogen and oxygen atoms in total. The van der Waals surface area contributed by atoms with Crippen LogP contribution in [0.2, 0.25) is 0 Å². The van der Waals surface area contributed by atoms with E-state index in [4.69, 9.17) is 4.42 Å². The van der Waals surface area contributed by atoms with Crippen LogP contribution in [-0.4, -0.2) is 39.7 Å². The van der Waals surface area contributed by atoms with Gasteiger partial charge in [0.15, 0.2) is 5.76 Å². The molecule has 1 fully saturated rings. The van der Waals surface area contributed by atoms with E-state index >= 15 is 0 Å². The van der Waals surface area contributed by atoms with Gasteiger partial charge in [0.25, 0.3) is 11.7 Å². The van der Waals surface area contributed by atoms with E-state index in [2.05, 4.69) is 26.6 Å². The molecule has 6 rings (SSSR count). The molecule has 0 amide bonds. The fraction of sp³-hybridized carbons (Fsp3) is 0.370. The Morgan fingerprint density at radius 1 is 1.06 bits per heavy atom. The number of benzene rings is 2. The molecule has 0 unspecified atom stereocenters. The monoisotopic (exact) mass is 487 g/mol. The summed E-state index contributed by atoms with van der Waals surface area (Å²) in [5, 5.41) is 28.0.